The number of nitrogens with one attached hydrogen (secondary N) is 3. The van der Waals surface area contributed by atoms with Crippen LogP contribution >= 0.6 is 0 Å². The van der Waals surface area contributed by atoms with Gasteiger partial charge in [-0.05, 0) is 6.92 Å². The van der Waals surface area contributed by atoms with Crippen LogP contribution in [0.1, 0.15) is 5.82 Å². The highest BCUT2D eigenvalue weighted by molar-refractivity contribution is 5.32. The minimum atomic E-state index is -0.137. The predicted molar refractivity (Wildman–Crippen MR) is 62.8 cm³/mol. The number of aryl methyl sites for hydroxylation is 1. The molecule has 0 aliphatic carbocycles. The van der Waals surface area contributed by atoms with Gasteiger partial charge in [-0.2, -0.15) is 0 Å². The standard InChI is InChI=1S/C10H18N4O2/c1-8-13-9(7-10(15)14-8)12-4-3-11-5-6-16-2/h7,11H,3-6H2,1-2H3,(H2,12,13,14,15). The Morgan fingerprint density at radius 2 is 2.25 bits per heavy atom. The van der Waals surface area contributed by atoms with Crippen molar-refractivity contribution >= 4 is 5.82 Å². The molecule has 90 valence electrons. The van der Waals surface area contributed by atoms with Crippen LogP contribution in [0.15, 0.2) is 10.9 Å². The Hall–Kier alpha value is -1.40. The zero-order chi connectivity index (χ0) is 11.8. The quantitative estimate of drug-likeness (QED) is 0.558. The van der Waals surface area contributed by atoms with E-state index in [1.54, 1.807) is 14.0 Å². The van der Waals surface area contributed by atoms with Crippen molar-refractivity contribution < 1.29 is 4.74 Å². The molecule has 6 heteroatoms. The summed E-state index contributed by atoms with van der Waals surface area (Å²) in [6.45, 7) is 4.79. The Morgan fingerprint density at radius 3 is 2.94 bits per heavy atom. The lowest BCUT2D eigenvalue weighted by molar-refractivity contribution is 0.200. The number of anilines is 1. The average Bonchev–Trinajstić information content (AvgIpc) is 2.22. The fourth-order valence-electron chi connectivity index (χ4n) is 1.25. The lowest BCUT2D eigenvalue weighted by Crippen LogP contribution is -2.26. The molecule has 0 bridgehead atoms. The van der Waals surface area contributed by atoms with Gasteiger partial charge in [0.1, 0.15) is 11.6 Å². The van der Waals surface area contributed by atoms with E-state index in [0.29, 0.717) is 18.2 Å². The van der Waals surface area contributed by atoms with Crippen LogP contribution in [0.25, 0.3) is 0 Å². The molecule has 0 spiro atoms. The summed E-state index contributed by atoms with van der Waals surface area (Å²) < 4.78 is 4.90. The van der Waals surface area contributed by atoms with E-state index < -0.39 is 0 Å². The van der Waals surface area contributed by atoms with Crippen molar-refractivity contribution in [2.75, 3.05) is 38.7 Å². The predicted octanol–water partition coefficient (Wildman–Crippen LogP) is -0.274. The van der Waals surface area contributed by atoms with Crippen LogP contribution in [0.5, 0.6) is 0 Å². The number of hydrogen-bond acceptors (Lipinski definition) is 5. The summed E-state index contributed by atoms with van der Waals surface area (Å²) in [5.74, 6) is 1.22. The molecule has 1 aromatic heterocycles. The third-order valence-corrected chi connectivity index (χ3v) is 1.95. The Bertz CT molecular complexity index is 364. The lowest BCUT2D eigenvalue weighted by Gasteiger charge is -2.06. The van der Waals surface area contributed by atoms with Gasteiger partial charge in [0.2, 0.25) is 0 Å². The van der Waals surface area contributed by atoms with Crippen molar-refractivity contribution in [3.63, 3.8) is 0 Å². The van der Waals surface area contributed by atoms with Crippen LogP contribution < -0.4 is 16.2 Å². The van der Waals surface area contributed by atoms with E-state index in [2.05, 4.69) is 20.6 Å². The summed E-state index contributed by atoms with van der Waals surface area (Å²) in [7, 11) is 1.67. The molecule has 0 saturated heterocycles. The number of aromatic amines is 1. The van der Waals surface area contributed by atoms with E-state index in [-0.39, 0.29) is 5.56 Å². The zero-order valence-corrected chi connectivity index (χ0v) is 9.67. The second kappa shape index (κ2) is 6.97. The van der Waals surface area contributed by atoms with Gasteiger partial charge in [0.05, 0.1) is 6.61 Å². The molecule has 0 aromatic carbocycles. The van der Waals surface area contributed by atoms with Crippen LogP contribution in [-0.4, -0.2) is 43.3 Å². The molecule has 1 heterocycles. The molecular formula is C10H18N4O2. The number of hydrogen-bond donors (Lipinski definition) is 3. The van der Waals surface area contributed by atoms with Gasteiger partial charge in [0.15, 0.2) is 0 Å². The second-order valence-corrected chi connectivity index (χ2v) is 3.39. The molecule has 3 N–H and O–H groups in total. The first kappa shape index (κ1) is 12.7. The maximum atomic E-state index is 11.1. The van der Waals surface area contributed by atoms with Crippen LogP contribution in [0.3, 0.4) is 0 Å². The molecule has 6 nitrogen and oxygen atoms in total. The van der Waals surface area contributed by atoms with E-state index >= 15 is 0 Å². The van der Waals surface area contributed by atoms with Crippen molar-refractivity contribution in [1.29, 1.82) is 0 Å². The monoisotopic (exact) mass is 226 g/mol. The van der Waals surface area contributed by atoms with Gasteiger partial charge in [-0.15, -0.1) is 0 Å². The maximum Gasteiger partial charge on any atom is 0.252 e. The minimum Gasteiger partial charge on any atom is -0.383 e. The molecule has 0 aliphatic heterocycles. The Balaban J connectivity index is 2.24. The summed E-state index contributed by atoms with van der Waals surface area (Å²) in [6.07, 6.45) is 0. The van der Waals surface area contributed by atoms with Gasteiger partial charge in [-0.25, -0.2) is 4.98 Å². The molecule has 1 aromatic rings. The van der Waals surface area contributed by atoms with Gasteiger partial charge in [-0.3, -0.25) is 4.79 Å². The van der Waals surface area contributed by atoms with Crippen molar-refractivity contribution in [3.8, 4) is 0 Å². The molecule has 0 aliphatic rings. The highest BCUT2D eigenvalue weighted by atomic mass is 16.5. The first-order valence-corrected chi connectivity index (χ1v) is 5.24. The van der Waals surface area contributed by atoms with Crippen molar-refractivity contribution in [3.05, 3.63) is 22.2 Å². The number of rotatable bonds is 7. The van der Waals surface area contributed by atoms with E-state index in [4.69, 9.17) is 4.74 Å². The Kier molecular flexibility index (Phi) is 5.52. The molecule has 0 atom stereocenters. The number of methoxy groups -OCH3 is 1. The molecule has 0 unspecified atom stereocenters. The second-order valence-electron chi connectivity index (χ2n) is 3.39. The first-order chi connectivity index (χ1) is 7.72. The molecule has 1 rings (SSSR count). The average molecular weight is 226 g/mol. The number of aromatic nitrogens is 2. The van der Waals surface area contributed by atoms with Crippen LogP contribution in [-0.2, 0) is 4.74 Å². The summed E-state index contributed by atoms with van der Waals surface area (Å²) >= 11 is 0. The summed E-state index contributed by atoms with van der Waals surface area (Å²) in [5.41, 5.74) is -0.137. The Morgan fingerprint density at radius 1 is 1.44 bits per heavy atom. The molecule has 0 saturated carbocycles. The summed E-state index contributed by atoms with van der Waals surface area (Å²) in [4.78, 5) is 17.9. The van der Waals surface area contributed by atoms with Gasteiger partial charge in [0, 0.05) is 32.8 Å². The van der Waals surface area contributed by atoms with Gasteiger partial charge in [-0.1, -0.05) is 0 Å². The van der Waals surface area contributed by atoms with Crippen molar-refractivity contribution in [1.82, 2.24) is 15.3 Å². The largest absolute Gasteiger partial charge is 0.383 e. The van der Waals surface area contributed by atoms with Gasteiger partial charge < -0.3 is 20.4 Å². The minimum absolute atomic E-state index is 0.137. The molecule has 0 fully saturated rings. The molecule has 0 amide bonds. The first-order valence-electron chi connectivity index (χ1n) is 5.24. The van der Waals surface area contributed by atoms with Crippen LogP contribution in [0, 0.1) is 6.92 Å². The van der Waals surface area contributed by atoms with Gasteiger partial charge >= 0.3 is 0 Å². The summed E-state index contributed by atoms with van der Waals surface area (Å²) in [5, 5.41) is 6.25. The molecule has 16 heavy (non-hydrogen) atoms. The molecular weight excluding hydrogens is 208 g/mol. The van der Waals surface area contributed by atoms with E-state index in [1.165, 1.54) is 6.07 Å². The fraction of sp³-hybridized carbons (Fsp3) is 0.600. The maximum absolute atomic E-state index is 11.1. The third kappa shape index (κ3) is 4.90. The smallest absolute Gasteiger partial charge is 0.252 e. The summed E-state index contributed by atoms with van der Waals surface area (Å²) in [6, 6.07) is 1.45. The van der Waals surface area contributed by atoms with Crippen molar-refractivity contribution in [2.24, 2.45) is 0 Å². The normalized spacial score (nSPS) is 10.4. The van der Waals surface area contributed by atoms with E-state index in [0.717, 1.165) is 19.6 Å². The number of ether oxygens (including phenoxy) is 1. The molecule has 0 radical (unpaired) electrons. The third-order valence-electron chi connectivity index (χ3n) is 1.95. The fourth-order valence-corrected chi connectivity index (χ4v) is 1.25. The van der Waals surface area contributed by atoms with Crippen LogP contribution in [0.4, 0.5) is 5.82 Å². The van der Waals surface area contributed by atoms with Crippen molar-refractivity contribution in [2.45, 2.75) is 6.92 Å². The SMILES string of the molecule is COCCNCCNc1cc(=O)[nH]c(C)n1. The zero-order valence-electron chi connectivity index (χ0n) is 9.67. The van der Waals surface area contributed by atoms with E-state index in [9.17, 15) is 4.79 Å². The Labute approximate surface area is 94.4 Å². The highest BCUT2D eigenvalue weighted by Gasteiger charge is 1.96. The number of nitrogens with zero attached hydrogens (tertiary/aromatic N) is 1. The highest BCUT2D eigenvalue weighted by Crippen LogP contribution is 1.95. The van der Waals surface area contributed by atoms with Crippen LogP contribution in [0.2, 0.25) is 0 Å². The van der Waals surface area contributed by atoms with E-state index in [1.807, 2.05) is 0 Å². The van der Waals surface area contributed by atoms with Gasteiger partial charge in [0.25, 0.3) is 5.56 Å². The topological polar surface area (TPSA) is 79.0 Å². The lowest BCUT2D eigenvalue weighted by atomic mass is 10.5. The number of H-pyrrole nitrogens is 1.